The molecule has 2 nitrogen and oxygen atoms in total. The largest absolute Gasteiger partial charge is 0.508 e. The average molecular weight is 385 g/mol. The fraction of sp³-hybridized carbons (Fsp3) is 0.200. The zero-order valence-corrected chi connectivity index (χ0v) is 13.7. The lowest BCUT2D eigenvalue weighted by molar-refractivity contribution is 0.475. The van der Waals surface area contributed by atoms with E-state index in [9.17, 15) is 5.11 Å². The van der Waals surface area contributed by atoms with Gasteiger partial charge in [0.25, 0.3) is 0 Å². The van der Waals surface area contributed by atoms with Gasteiger partial charge in [0.1, 0.15) is 5.75 Å². The molecule has 100 valence electrons. The van der Waals surface area contributed by atoms with Crippen molar-refractivity contribution in [3.05, 3.63) is 57.0 Å². The first-order chi connectivity index (χ1) is 9.10. The maximum atomic E-state index is 9.35. The molecule has 0 saturated carbocycles. The second-order valence-electron chi connectivity index (χ2n) is 4.32. The Morgan fingerprint density at radius 1 is 1.11 bits per heavy atom. The third-order valence-corrected chi connectivity index (χ3v) is 4.15. The van der Waals surface area contributed by atoms with Crippen molar-refractivity contribution < 1.29 is 5.11 Å². The molecule has 2 N–H and O–H groups in total. The number of hydrogen-bond acceptors (Lipinski definition) is 2. The number of rotatable bonds is 4. The molecule has 0 aliphatic heterocycles. The summed E-state index contributed by atoms with van der Waals surface area (Å²) in [4.78, 5) is 0. The molecule has 4 heteroatoms. The fourth-order valence-electron chi connectivity index (χ4n) is 1.92. The van der Waals surface area contributed by atoms with E-state index in [4.69, 9.17) is 0 Å². The van der Waals surface area contributed by atoms with Crippen LogP contribution in [0.25, 0.3) is 0 Å². The number of benzene rings is 2. The standard InChI is InChI=1S/C15H15Br2NO/c1-2-14(10-3-6-12(19)7-4-10)18-15-9-11(16)5-8-13(15)17/h3-9,14,18-19H,2H2,1H3. The van der Waals surface area contributed by atoms with Gasteiger partial charge in [-0.1, -0.05) is 35.0 Å². The molecule has 1 atom stereocenters. The summed E-state index contributed by atoms with van der Waals surface area (Å²) < 4.78 is 2.08. The third kappa shape index (κ3) is 3.74. The number of anilines is 1. The van der Waals surface area contributed by atoms with Crippen LogP contribution in [0.1, 0.15) is 24.9 Å². The van der Waals surface area contributed by atoms with E-state index in [1.54, 1.807) is 12.1 Å². The van der Waals surface area contributed by atoms with E-state index < -0.39 is 0 Å². The summed E-state index contributed by atoms with van der Waals surface area (Å²) in [5, 5.41) is 12.9. The number of phenolic OH excluding ortho intramolecular Hbond substituents is 1. The van der Waals surface area contributed by atoms with Crippen molar-refractivity contribution in [2.75, 3.05) is 5.32 Å². The van der Waals surface area contributed by atoms with Crippen LogP contribution >= 0.6 is 31.9 Å². The van der Waals surface area contributed by atoms with Gasteiger partial charge in [0.05, 0.1) is 11.7 Å². The van der Waals surface area contributed by atoms with E-state index in [1.807, 2.05) is 30.3 Å². The summed E-state index contributed by atoms with van der Waals surface area (Å²) in [7, 11) is 0. The highest BCUT2D eigenvalue weighted by atomic mass is 79.9. The molecule has 0 saturated heterocycles. The fourth-order valence-corrected chi connectivity index (χ4v) is 2.65. The monoisotopic (exact) mass is 383 g/mol. The van der Waals surface area contributed by atoms with Crippen molar-refractivity contribution in [2.24, 2.45) is 0 Å². The van der Waals surface area contributed by atoms with Crippen LogP contribution in [-0.2, 0) is 0 Å². The van der Waals surface area contributed by atoms with Gasteiger partial charge in [-0.25, -0.2) is 0 Å². The van der Waals surface area contributed by atoms with Crippen molar-refractivity contribution in [1.82, 2.24) is 0 Å². The lowest BCUT2D eigenvalue weighted by Crippen LogP contribution is -2.09. The summed E-state index contributed by atoms with van der Waals surface area (Å²) >= 11 is 7.03. The molecule has 2 aromatic carbocycles. The molecule has 0 radical (unpaired) electrons. The average Bonchev–Trinajstić information content (AvgIpc) is 2.41. The Hall–Kier alpha value is -1.00. The summed E-state index contributed by atoms with van der Waals surface area (Å²) in [6.07, 6.45) is 0.962. The third-order valence-electron chi connectivity index (χ3n) is 2.96. The van der Waals surface area contributed by atoms with Crippen molar-refractivity contribution in [2.45, 2.75) is 19.4 Å². The van der Waals surface area contributed by atoms with Gasteiger partial charge in [0.15, 0.2) is 0 Å². The van der Waals surface area contributed by atoms with E-state index in [0.717, 1.165) is 26.6 Å². The molecular weight excluding hydrogens is 370 g/mol. The van der Waals surface area contributed by atoms with Crippen molar-refractivity contribution in [1.29, 1.82) is 0 Å². The highest BCUT2D eigenvalue weighted by Crippen LogP contribution is 2.31. The normalized spacial score (nSPS) is 12.2. The number of halogens is 2. The van der Waals surface area contributed by atoms with Crippen LogP contribution in [0, 0.1) is 0 Å². The predicted molar refractivity (Wildman–Crippen MR) is 86.6 cm³/mol. The molecule has 19 heavy (non-hydrogen) atoms. The van der Waals surface area contributed by atoms with Gasteiger partial charge in [-0.05, 0) is 58.2 Å². The molecule has 0 amide bonds. The smallest absolute Gasteiger partial charge is 0.115 e. The van der Waals surface area contributed by atoms with Gasteiger partial charge in [-0.3, -0.25) is 0 Å². The predicted octanol–water partition coefficient (Wildman–Crippen LogP) is 5.48. The second kappa shape index (κ2) is 6.44. The molecule has 0 aromatic heterocycles. The van der Waals surface area contributed by atoms with Gasteiger partial charge in [-0.15, -0.1) is 0 Å². The minimum atomic E-state index is 0.214. The van der Waals surface area contributed by atoms with Gasteiger partial charge >= 0.3 is 0 Å². The number of aromatic hydroxyl groups is 1. The van der Waals surface area contributed by atoms with Crippen molar-refractivity contribution in [3.8, 4) is 5.75 Å². The number of hydrogen-bond donors (Lipinski definition) is 2. The topological polar surface area (TPSA) is 32.3 Å². The lowest BCUT2D eigenvalue weighted by Gasteiger charge is -2.20. The molecule has 2 aromatic rings. The molecular formula is C15H15Br2NO. The van der Waals surface area contributed by atoms with Gasteiger partial charge in [0.2, 0.25) is 0 Å². The highest BCUT2D eigenvalue weighted by Gasteiger charge is 2.11. The Morgan fingerprint density at radius 2 is 1.79 bits per heavy atom. The minimum absolute atomic E-state index is 0.214. The lowest BCUT2D eigenvalue weighted by atomic mass is 10.0. The van der Waals surface area contributed by atoms with Crippen LogP contribution in [0.4, 0.5) is 5.69 Å². The van der Waals surface area contributed by atoms with E-state index in [0.29, 0.717) is 5.75 Å². The van der Waals surface area contributed by atoms with Crippen LogP contribution in [0.5, 0.6) is 5.75 Å². The van der Waals surface area contributed by atoms with Crippen LogP contribution < -0.4 is 5.32 Å². The van der Waals surface area contributed by atoms with Gasteiger partial charge in [-0.2, -0.15) is 0 Å². The number of phenols is 1. The highest BCUT2D eigenvalue weighted by molar-refractivity contribution is 9.11. The molecule has 0 aliphatic rings. The maximum absolute atomic E-state index is 9.35. The molecule has 0 heterocycles. The Labute approximate surface area is 130 Å². The summed E-state index contributed by atoms with van der Waals surface area (Å²) in [5.74, 6) is 0.294. The van der Waals surface area contributed by atoms with E-state index in [1.165, 1.54) is 0 Å². The van der Waals surface area contributed by atoms with Crippen LogP contribution in [0.3, 0.4) is 0 Å². The quantitative estimate of drug-likeness (QED) is 0.731. The summed E-state index contributed by atoms with van der Waals surface area (Å²) in [5.41, 5.74) is 2.21. The molecule has 0 aliphatic carbocycles. The second-order valence-corrected chi connectivity index (χ2v) is 6.09. The maximum Gasteiger partial charge on any atom is 0.115 e. The molecule has 1 unspecified atom stereocenters. The summed E-state index contributed by atoms with van der Waals surface area (Å²) in [6.45, 7) is 2.14. The summed E-state index contributed by atoms with van der Waals surface area (Å²) in [6, 6.07) is 13.6. The van der Waals surface area contributed by atoms with E-state index >= 15 is 0 Å². The van der Waals surface area contributed by atoms with Crippen LogP contribution in [0.15, 0.2) is 51.4 Å². The Kier molecular flexibility index (Phi) is 4.88. The Morgan fingerprint density at radius 3 is 2.42 bits per heavy atom. The molecule has 0 fully saturated rings. The first-order valence-electron chi connectivity index (χ1n) is 6.10. The number of nitrogens with one attached hydrogen (secondary N) is 1. The first-order valence-corrected chi connectivity index (χ1v) is 7.69. The van der Waals surface area contributed by atoms with Gasteiger partial charge in [0, 0.05) is 8.95 Å². The SMILES string of the molecule is CCC(Nc1cc(Br)ccc1Br)c1ccc(O)cc1. The van der Waals surface area contributed by atoms with E-state index in [-0.39, 0.29) is 6.04 Å². The van der Waals surface area contributed by atoms with E-state index in [2.05, 4.69) is 44.1 Å². The molecule has 2 rings (SSSR count). The minimum Gasteiger partial charge on any atom is -0.508 e. The van der Waals surface area contributed by atoms with Crippen molar-refractivity contribution >= 4 is 37.5 Å². The molecule has 0 spiro atoms. The van der Waals surface area contributed by atoms with Crippen LogP contribution in [0.2, 0.25) is 0 Å². The molecule has 0 bridgehead atoms. The Balaban J connectivity index is 2.23. The van der Waals surface area contributed by atoms with Gasteiger partial charge < -0.3 is 10.4 Å². The Bertz CT molecular complexity index is 555. The first kappa shape index (κ1) is 14.4. The zero-order valence-electron chi connectivity index (χ0n) is 10.5. The zero-order chi connectivity index (χ0) is 13.8. The van der Waals surface area contributed by atoms with Crippen LogP contribution in [-0.4, -0.2) is 5.11 Å². The van der Waals surface area contributed by atoms with Crippen molar-refractivity contribution in [3.63, 3.8) is 0 Å².